The molecule has 2 heterocycles. The van der Waals surface area contributed by atoms with Crippen LogP contribution in [0.15, 0.2) is 28.3 Å². The molecule has 0 aliphatic carbocycles. The highest BCUT2D eigenvalue weighted by atomic mass is 35.5. The Kier molecular flexibility index (Phi) is 6.34. The molecule has 0 amide bonds. The van der Waals surface area contributed by atoms with Gasteiger partial charge in [-0.15, -0.1) is 12.4 Å². The molecule has 2 N–H and O–H groups in total. The smallest absolute Gasteiger partial charge is 0.242 e. The normalized spacial score (nSPS) is 22.8. The molecule has 22 heavy (non-hydrogen) atoms. The second-order valence-electron chi connectivity index (χ2n) is 5.30. The van der Waals surface area contributed by atoms with Crippen molar-refractivity contribution in [3.05, 3.63) is 18.3 Å². The van der Waals surface area contributed by atoms with Gasteiger partial charge in [-0.1, -0.05) is 0 Å². The summed E-state index contributed by atoms with van der Waals surface area (Å²) in [6, 6.07) is 2.60. The maximum Gasteiger partial charge on any atom is 0.242 e. The first kappa shape index (κ1) is 19.3. The molecule has 1 aliphatic heterocycles. The SMILES string of the molecule is CC1CC(NS(=O)(=O)c2ccc(S(C)(=O)=O)nc2)CCN1.Cl. The molecule has 0 aromatic carbocycles. The van der Waals surface area contributed by atoms with Crippen LogP contribution in [0.2, 0.25) is 0 Å². The second kappa shape index (κ2) is 7.22. The fourth-order valence-corrected chi connectivity index (χ4v) is 4.06. The molecule has 2 atom stereocenters. The van der Waals surface area contributed by atoms with E-state index in [1.165, 1.54) is 12.1 Å². The van der Waals surface area contributed by atoms with E-state index in [2.05, 4.69) is 15.0 Å². The van der Waals surface area contributed by atoms with Crippen LogP contribution in [0, 0.1) is 0 Å². The molecule has 1 saturated heterocycles. The number of sulfone groups is 1. The van der Waals surface area contributed by atoms with E-state index in [-0.39, 0.29) is 34.4 Å². The lowest BCUT2D eigenvalue weighted by molar-refractivity contribution is 0.361. The van der Waals surface area contributed by atoms with Gasteiger partial charge < -0.3 is 5.32 Å². The van der Waals surface area contributed by atoms with Crippen molar-refractivity contribution >= 4 is 32.3 Å². The lowest BCUT2D eigenvalue weighted by atomic mass is 10.0. The molecule has 7 nitrogen and oxygen atoms in total. The van der Waals surface area contributed by atoms with Crippen molar-refractivity contribution in [2.75, 3.05) is 12.8 Å². The van der Waals surface area contributed by atoms with Crippen molar-refractivity contribution in [2.45, 2.75) is 41.8 Å². The van der Waals surface area contributed by atoms with Crippen LogP contribution in [0.1, 0.15) is 19.8 Å². The molecule has 0 saturated carbocycles. The number of hydrogen-bond acceptors (Lipinski definition) is 6. The molecule has 1 aliphatic rings. The minimum Gasteiger partial charge on any atom is -0.314 e. The van der Waals surface area contributed by atoms with Gasteiger partial charge in [0.05, 0.1) is 0 Å². The number of sulfonamides is 1. The quantitative estimate of drug-likeness (QED) is 0.792. The van der Waals surface area contributed by atoms with Crippen LogP contribution in [-0.2, 0) is 19.9 Å². The molecule has 1 aromatic heterocycles. The van der Waals surface area contributed by atoms with Crippen LogP contribution in [0.5, 0.6) is 0 Å². The zero-order valence-corrected chi connectivity index (χ0v) is 14.8. The van der Waals surface area contributed by atoms with Crippen molar-refractivity contribution < 1.29 is 16.8 Å². The molecule has 1 fully saturated rings. The summed E-state index contributed by atoms with van der Waals surface area (Å²) in [4.78, 5) is 3.68. The Morgan fingerprint density at radius 1 is 1.27 bits per heavy atom. The van der Waals surface area contributed by atoms with Crippen LogP contribution in [-0.4, -0.2) is 46.7 Å². The highest BCUT2D eigenvalue weighted by Crippen LogP contribution is 2.15. The average Bonchev–Trinajstić information content (AvgIpc) is 2.37. The van der Waals surface area contributed by atoms with Crippen LogP contribution in [0.25, 0.3) is 0 Å². The number of pyridine rings is 1. The third-order valence-electron chi connectivity index (χ3n) is 3.34. The lowest BCUT2D eigenvalue weighted by Gasteiger charge is -2.28. The van der Waals surface area contributed by atoms with Gasteiger partial charge in [0.25, 0.3) is 0 Å². The first-order chi connectivity index (χ1) is 9.68. The van der Waals surface area contributed by atoms with E-state index in [1.807, 2.05) is 6.92 Å². The number of nitrogens with one attached hydrogen (secondary N) is 2. The van der Waals surface area contributed by atoms with Gasteiger partial charge in [-0.25, -0.2) is 26.5 Å². The molecule has 1 aromatic rings. The largest absolute Gasteiger partial charge is 0.314 e. The van der Waals surface area contributed by atoms with Crippen molar-refractivity contribution in [3.63, 3.8) is 0 Å². The maximum atomic E-state index is 12.2. The zero-order chi connectivity index (χ0) is 15.7. The average molecular weight is 370 g/mol. The topological polar surface area (TPSA) is 105 Å². The number of piperidine rings is 1. The molecular weight excluding hydrogens is 350 g/mol. The van der Waals surface area contributed by atoms with Crippen LogP contribution < -0.4 is 10.0 Å². The summed E-state index contributed by atoms with van der Waals surface area (Å²) in [5.74, 6) is 0. The van der Waals surface area contributed by atoms with Crippen molar-refractivity contribution in [1.82, 2.24) is 15.0 Å². The Bertz CT molecular complexity index is 704. The molecular formula is C12H20ClN3O4S2. The van der Waals surface area contributed by atoms with Gasteiger partial charge in [-0.05, 0) is 38.4 Å². The molecule has 126 valence electrons. The van der Waals surface area contributed by atoms with Gasteiger partial charge in [0.15, 0.2) is 14.9 Å². The van der Waals surface area contributed by atoms with Crippen LogP contribution >= 0.6 is 12.4 Å². The third-order valence-corrected chi connectivity index (χ3v) is 5.85. The number of rotatable bonds is 4. The summed E-state index contributed by atoms with van der Waals surface area (Å²) in [5.41, 5.74) is 0. The zero-order valence-electron chi connectivity index (χ0n) is 12.3. The minimum absolute atomic E-state index is 0. The predicted molar refractivity (Wildman–Crippen MR) is 85.4 cm³/mol. The molecule has 0 spiro atoms. The highest BCUT2D eigenvalue weighted by Gasteiger charge is 2.24. The number of hydrogen-bond donors (Lipinski definition) is 2. The molecule has 2 unspecified atom stereocenters. The van der Waals surface area contributed by atoms with E-state index in [4.69, 9.17) is 0 Å². The molecule has 2 rings (SSSR count). The highest BCUT2D eigenvalue weighted by molar-refractivity contribution is 7.90. The van der Waals surface area contributed by atoms with Gasteiger partial charge in [0.2, 0.25) is 10.0 Å². The fraction of sp³-hybridized carbons (Fsp3) is 0.583. The Morgan fingerprint density at radius 2 is 1.95 bits per heavy atom. The van der Waals surface area contributed by atoms with Crippen molar-refractivity contribution in [1.29, 1.82) is 0 Å². The monoisotopic (exact) mass is 369 g/mol. The summed E-state index contributed by atoms with van der Waals surface area (Å²) in [5, 5.41) is 3.11. The van der Waals surface area contributed by atoms with E-state index in [0.29, 0.717) is 6.42 Å². The first-order valence-corrected chi connectivity index (χ1v) is 9.98. The molecule has 0 radical (unpaired) electrons. The van der Waals surface area contributed by atoms with E-state index in [1.54, 1.807) is 0 Å². The van der Waals surface area contributed by atoms with E-state index in [9.17, 15) is 16.8 Å². The molecule has 10 heteroatoms. The summed E-state index contributed by atoms with van der Waals surface area (Å²) < 4.78 is 49.8. The number of nitrogens with zero attached hydrogens (tertiary/aromatic N) is 1. The fourth-order valence-electron chi connectivity index (χ4n) is 2.27. The van der Waals surface area contributed by atoms with Gasteiger partial charge in [0, 0.05) is 24.5 Å². The minimum atomic E-state index is -3.68. The van der Waals surface area contributed by atoms with Gasteiger partial charge in [-0.2, -0.15) is 0 Å². The Labute approximate surface area is 137 Å². The van der Waals surface area contributed by atoms with Gasteiger partial charge in [-0.3, -0.25) is 0 Å². The third kappa shape index (κ3) is 4.88. The van der Waals surface area contributed by atoms with Crippen molar-refractivity contribution in [2.24, 2.45) is 0 Å². The Morgan fingerprint density at radius 3 is 2.45 bits per heavy atom. The second-order valence-corrected chi connectivity index (χ2v) is 8.98. The van der Waals surface area contributed by atoms with Gasteiger partial charge >= 0.3 is 0 Å². The van der Waals surface area contributed by atoms with E-state index < -0.39 is 19.9 Å². The Balaban J connectivity index is 0.00000242. The van der Waals surface area contributed by atoms with E-state index in [0.717, 1.165) is 25.4 Å². The van der Waals surface area contributed by atoms with Crippen molar-refractivity contribution in [3.8, 4) is 0 Å². The molecule has 0 bridgehead atoms. The first-order valence-electron chi connectivity index (χ1n) is 6.60. The number of aromatic nitrogens is 1. The maximum absolute atomic E-state index is 12.2. The summed E-state index contributed by atoms with van der Waals surface area (Å²) in [6.45, 7) is 2.77. The van der Waals surface area contributed by atoms with Crippen LogP contribution in [0.4, 0.5) is 0 Å². The standard InChI is InChI=1S/C12H19N3O4S2.ClH/c1-9-7-10(5-6-13-9)15-21(18,19)11-3-4-12(14-8-11)20(2,16)17;/h3-4,8-10,13,15H,5-7H2,1-2H3;1H. The summed E-state index contributed by atoms with van der Waals surface area (Å²) in [6.07, 6.45) is 3.54. The van der Waals surface area contributed by atoms with Crippen LogP contribution in [0.3, 0.4) is 0 Å². The predicted octanol–water partition coefficient (Wildman–Crippen LogP) is 0.326. The van der Waals surface area contributed by atoms with Gasteiger partial charge in [0.1, 0.15) is 4.90 Å². The lowest BCUT2D eigenvalue weighted by Crippen LogP contribution is -2.46. The number of halogens is 1. The van der Waals surface area contributed by atoms with E-state index >= 15 is 0 Å². The summed E-state index contributed by atoms with van der Waals surface area (Å²) >= 11 is 0. The Hall–Kier alpha value is -0.740. The summed E-state index contributed by atoms with van der Waals surface area (Å²) in [7, 11) is -7.11.